The van der Waals surface area contributed by atoms with Gasteiger partial charge in [0.1, 0.15) is 17.5 Å². The predicted molar refractivity (Wildman–Crippen MR) is 97.4 cm³/mol. The molecule has 0 saturated carbocycles. The molecule has 26 heavy (non-hydrogen) atoms. The molecule has 5 heteroatoms. The van der Waals surface area contributed by atoms with E-state index >= 15 is 0 Å². The summed E-state index contributed by atoms with van der Waals surface area (Å²) >= 11 is 0. The van der Waals surface area contributed by atoms with Crippen LogP contribution in [-0.2, 0) is 14.3 Å². The molecule has 3 rings (SSSR count). The zero-order valence-corrected chi connectivity index (χ0v) is 16.0. The van der Waals surface area contributed by atoms with Crippen molar-refractivity contribution in [2.45, 2.75) is 77.4 Å². The topological polar surface area (TPSA) is 83.8 Å². The van der Waals surface area contributed by atoms with Gasteiger partial charge in [0.2, 0.25) is 0 Å². The molecule has 0 amide bonds. The van der Waals surface area contributed by atoms with Gasteiger partial charge in [0.25, 0.3) is 0 Å². The van der Waals surface area contributed by atoms with Crippen molar-refractivity contribution in [2.75, 3.05) is 0 Å². The largest absolute Gasteiger partial charge is 0.491 e. The Labute approximate surface area is 155 Å². The van der Waals surface area contributed by atoms with Crippen LogP contribution < -0.4 is 0 Å². The van der Waals surface area contributed by atoms with Gasteiger partial charge in [-0.3, -0.25) is 9.59 Å². The van der Waals surface area contributed by atoms with Crippen LogP contribution in [0.4, 0.5) is 0 Å². The molecular weight excluding hydrogens is 332 g/mol. The van der Waals surface area contributed by atoms with Gasteiger partial charge in [-0.2, -0.15) is 0 Å². The lowest BCUT2D eigenvalue weighted by Gasteiger charge is -2.43. The summed E-state index contributed by atoms with van der Waals surface area (Å²) in [6, 6.07) is 0. The Morgan fingerprint density at radius 2 is 2.12 bits per heavy atom. The number of fused-ring (bicyclic) bond motifs is 1. The first-order valence-electron chi connectivity index (χ1n) is 9.79. The number of aliphatic carboxylic acids is 1. The number of ketones is 1. The van der Waals surface area contributed by atoms with Gasteiger partial charge < -0.3 is 14.9 Å². The second kappa shape index (κ2) is 7.18. The van der Waals surface area contributed by atoms with E-state index in [1.165, 1.54) is 5.57 Å². The van der Waals surface area contributed by atoms with Crippen LogP contribution in [0.5, 0.6) is 0 Å². The van der Waals surface area contributed by atoms with Crippen LogP contribution in [0.15, 0.2) is 23.0 Å². The lowest BCUT2D eigenvalue weighted by Crippen LogP contribution is -2.43. The summed E-state index contributed by atoms with van der Waals surface area (Å²) in [5.74, 6) is 0.0932. The predicted octanol–water partition coefficient (Wildman–Crippen LogP) is 3.62. The molecule has 0 aromatic heterocycles. The number of rotatable bonds is 6. The molecule has 0 spiro atoms. The molecule has 2 N–H and O–H groups in total. The normalized spacial score (nSPS) is 33.1. The van der Waals surface area contributed by atoms with Crippen molar-refractivity contribution < 1.29 is 24.5 Å². The minimum Gasteiger partial charge on any atom is -0.491 e. The van der Waals surface area contributed by atoms with E-state index in [-0.39, 0.29) is 23.2 Å². The molecule has 0 saturated heterocycles. The molecule has 0 fully saturated rings. The Morgan fingerprint density at radius 1 is 1.38 bits per heavy atom. The Morgan fingerprint density at radius 3 is 2.81 bits per heavy atom. The summed E-state index contributed by atoms with van der Waals surface area (Å²) < 4.78 is 6.29. The second-order valence-corrected chi connectivity index (χ2v) is 8.47. The number of carbonyl (C=O) groups excluding carboxylic acids is 1. The number of hydrogen-bond donors (Lipinski definition) is 2. The van der Waals surface area contributed by atoms with Crippen molar-refractivity contribution in [3.05, 3.63) is 23.0 Å². The van der Waals surface area contributed by atoms with Crippen molar-refractivity contribution in [3.63, 3.8) is 0 Å². The molecule has 2 aliphatic carbocycles. The summed E-state index contributed by atoms with van der Waals surface area (Å²) in [5.41, 5.74) is 1.72. The molecule has 1 aliphatic heterocycles. The van der Waals surface area contributed by atoms with Gasteiger partial charge in [-0.25, -0.2) is 0 Å². The zero-order chi connectivity index (χ0) is 19.1. The van der Waals surface area contributed by atoms with Crippen LogP contribution >= 0.6 is 0 Å². The summed E-state index contributed by atoms with van der Waals surface area (Å²) in [7, 11) is 0. The van der Waals surface area contributed by atoms with Gasteiger partial charge in [0.15, 0.2) is 5.78 Å². The second-order valence-electron chi connectivity index (χ2n) is 8.47. The van der Waals surface area contributed by atoms with E-state index in [1.54, 1.807) is 6.92 Å². The summed E-state index contributed by atoms with van der Waals surface area (Å²) in [4.78, 5) is 23.3. The van der Waals surface area contributed by atoms with E-state index < -0.39 is 12.1 Å². The molecule has 0 aromatic rings. The Kier molecular flexibility index (Phi) is 5.29. The number of allylic oxidation sites excluding steroid dienone is 1. The van der Waals surface area contributed by atoms with Gasteiger partial charge in [-0.1, -0.05) is 31.9 Å². The molecule has 0 bridgehead atoms. The monoisotopic (exact) mass is 362 g/mol. The zero-order valence-electron chi connectivity index (χ0n) is 16.0. The maximum atomic E-state index is 12.4. The van der Waals surface area contributed by atoms with Crippen LogP contribution in [0.1, 0.15) is 65.7 Å². The average molecular weight is 362 g/mol. The summed E-state index contributed by atoms with van der Waals surface area (Å²) in [5, 5.41) is 18.9. The highest BCUT2D eigenvalue weighted by Crippen LogP contribution is 2.51. The van der Waals surface area contributed by atoms with Crippen molar-refractivity contribution >= 4 is 11.8 Å². The van der Waals surface area contributed by atoms with Crippen molar-refractivity contribution in [1.82, 2.24) is 0 Å². The van der Waals surface area contributed by atoms with E-state index in [0.717, 1.165) is 25.0 Å². The van der Waals surface area contributed by atoms with Gasteiger partial charge >= 0.3 is 5.97 Å². The number of hydrogen-bond acceptors (Lipinski definition) is 4. The number of carbonyl (C=O) groups is 2. The Bertz CT molecular complexity index is 661. The number of carboxylic acid groups (broad SMARTS) is 1. The molecule has 1 heterocycles. The third-order valence-electron chi connectivity index (χ3n) is 6.49. The van der Waals surface area contributed by atoms with E-state index in [1.807, 2.05) is 0 Å². The van der Waals surface area contributed by atoms with Crippen molar-refractivity contribution in [3.8, 4) is 0 Å². The first kappa shape index (κ1) is 19.2. The lowest BCUT2D eigenvalue weighted by molar-refractivity contribution is -0.141. The standard InChI is InChI=1S/C21H30O5/c1-12(5-4-6-13(2)20(24)25)14-9-10-21(3)16(14)11-15-18(26-21)8-7-17(22)19(15)23/h9,12-13,16-17,22H,4-8,10-11H2,1-3H3,(H,24,25)/t12?,13?,16-,17+,21+/m1/s1. The average Bonchev–Trinajstić information content (AvgIpc) is 2.93. The van der Waals surface area contributed by atoms with E-state index in [2.05, 4.69) is 19.9 Å². The maximum Gasteiger partial charge on any atom is 0.306 e. The highest BCUT2D eigenvalue weighted by molar-refractivity contribution is 6.00. The molecule has 5 nitrogen and oxygen atoms in total. The highest BCUT2D eigenvalue weighted by Gasteiger charge is 2.49. The summed E-state index contributed by atoms with van der Waals surface area (Å²) in [6.45, 7) is 6.06. The minimum atomic E-state index is -0.884. The molecule has 144 valence electrons. The quantitative estimate of drug-likeness (QED) is 0.705. The van der Waals surface area contributed by atoms with E-state index in [0.29, 0.717) is 37.2 Å². The van der Waals surface area contributed by atoms with Crippen LogP contribution in [-0.4, -0.2) is 33.7 Å². The molecule has 5 atom stereocenters. The first-order valence-corrected chi connectivity index (χ1v) is 9.79. The highest BCUT2D eigenvalue weighted by atomic mass is 16.5. The maximum absolute atomic E-state index is 12.4. The third kappa shape index (κ3) is 3.46. The SMILES string of the molecule is CC(CCCC(C)C1=CC[C@]2(C)OC3=C(C[C@H]12)C(=O)[C@@H](O)CC3)C(=O)O. The lowest BCUT2D eigenvalue weighted by atomic mass is 9.73. The molecular formula is C21H30O5. The van der Waals surface area contributed by atoms with Gasteiger partial charge in [-0.05, 0) is 38.5 Å². The van der Waals surface area contributed by atoms with Crippen LogP contribution in [0.3, 0.4) is 0 Å². The minimum absolute atomic E-state index is 0.164. The molecule has 0 radical (unpaired) electrons. The van der Waals surface area contributed by atoms with Gasteiger partial charge in [-0.15, -0.1) is 0 Å². The van der Waals surface area contributed by atoms with Crippen LogP contribution in [0.25, 0.3) is 0 Å². The third-order valence-corrected chi connectivity index (χ3v) is 6.49. The van der Waals surface area contributed by atoms with Crippen molar-refractivity contribution in [2.24, 2.45) is 17.8 Å². The Balaban J connectivity index is 1.67. The number of aliphatic hydroxyl groups excluding tert-OH is 1. The van der Waals surface area contributed by atoms with Gasteiger partial charge in [0, 0.05) is 24.3 Å². The van der Waals surface area contributed by atoms with Crippen LogP contribution in [0.2, 0.25) is 0 Å². The van der Waals surface area contributed by atoms with Gasteiger partial charge in [0.05, 0.1) is 5.92 Å². The molecule has 0 aromatic carbocycles. The number of ether oxygens (including phenoxy) is 1. The van der Waals surface area contributed by atoms with E-state index in [4.69, 9.17) is 9.84 Å². The fourth-order valence-electron chi connectivity index (χ4n) is 4.67. The van der Waals surface area contributed by atoms with E-state index in [9.17, 15) is 14.7 Å². The summed E-state index contributed by atoms with van der Waals surface area (Å²) in [6.07, 6.45) is 6.48. The molecule has 2 unspecified atom stereocenters. The smallest absolute Gasteiger partial charge is 0.306 e. The van der Waals surface area contributed by atoms with Crippen molar-refractivity contribution in [1.29, 1.82) is 0 Å². The fourth-order valence-corrected chi connectivity index (χ4v) is 4.67. The first-order chi connectivity index (χ1) is 12.2. The molecule has 3 aliphatic rings. The number of carboxylic acids is 1. The number of Topliss-reactive ketones (excluding diaryl/α,β-unsaturated/α-hetero) is 1. The fraction of sp³-hybridized carbons (Fsp3) is 0.714. The Hall–Kier alpha value is -1.62. The van der Waals surface area contributed by atoms with Crippen LogP contribution in [0, 0.1) is 17.8 Å². The number of aliphatic hydroxyl groups is 1.